The van der Waals surface area contributed by atoms with Gasteiger partial charge in [0.1, 0.15) is 5.69 Å². The van der Waals surface area contributed by atoms with Crippen LogP contribution in [0.2, 0.25) is 0 Å². The predicted molar refractivity (Wildman–Crippen MR) is 121 cm³/mol. The maximum atomic E-state index is 13.9. The number of carbonyl (C=O) groups excluding carboxylic acids is 1. The van der Waals surface area contributed by atoms with Crippen LogP contribution in [0.5, 0.6) is 0 Å². The molecular formula is C24H31N5O3. The second-order valence-corrected chi connectivity index (χ2v) is 9.21. The van der Waals surface area contributed by atoms with Crippen LogP contribution in [-0.4, -0.2) is 74.9 Å². The van der Waals surface area contributed by atoms with Gasteiger partial charge in [0.25, 0.3) is 5.91 Å². The Labute approximate surface area is 188 Å². The van der Waals surface area contributed by atoms with Crippen LogP contribution in [0.4, 0.5) is 0 Å². The third-order valence-electron chi connectivity index (χ3n) is 6.57. The first-order chi connectivity index (χ1) is 15.4. The molecule has 5 heterocycles. The third-order valence-corrected chi connectivity index (χ3v) is 6.57. The molecule has 0 saturated carbocycles. The number of amides is 1. The van der Waals surface area contributed by atoms with Gasteiger partial charge in [0, 0.05) is 39.3 Å². The van der Waals surface area contributed by atoms with E-state index in [0.717, 1.165) is 50.1 Å². The number of furan rings is 1. The summed E-state index contributed by atoms with van der Waals surface area (Å²) in [4.78, 5) is 23.2. The van der Waals surface area contributed by atoms with Crippen molar-refractivity contribution in [3.05, 3.63) is 35.7 Å². The molecule has 3 atom stereocenters. The van der Waals surface area contributed by atoms with Crippen LogP contribution in [-0.2, 0) is 11.8 Å². The van der Waals surface area contributed by atoms with Gasteiger partial charge >= 0.3 is 0 Å². The number of aromatic nitrogens is 3. The van der Waals surface area contributed by atoms with Crippen LogP contribution < -0.4 is 0 Å². The van der Waals surface area contributed by atoms with Gasteiger partial charge in [-0.2, -0.15) is 5.10 Å². The molecule has 3 aromatic rings. The first kappa shape index (κ1) is 21.2. The van der Waals surface area contributed by atoms with E-state index in [9.17, 15) is 4.79 Å². The third kappa shape index (κ3) is 3.82. The minimum Gasteiger partial charge on any atom is -0.463 e. The van der Waals surface area contributed by atoms with Crippen LogP contribution in [0.1, 0.15) is 42.7 Å². The highest BCUT2D eigenvalue weighted by Gasteiger charge is 2.34. The number of pyridine rings is 1. The van der Waals surface area contributed by atoms with E-state index >= 15 is 0 Å². The van der Waals surface area contributed by atoms with Crippen molar-refractivity contribution in [3.8, 4) is 11.5 Å². The smallest absolute Gasteiger partial charge is 0.255 e. The van der Waals surface area contributed by atoms with E-state index in [4.69, 9.17) is 14.1 Å². The molecule has 0 bridgehead atoms. The zero-order chi connectivity index (χ0) is 22.4. The van der Waals surface area contributed by atoms with Crippen molar-refractivity contribution in [2.75, 3.05) is 26.2 Å². The molecule has 2 saturated heterocycles. The second-order valence-electron chi connectivity index (χ2n) is 9.21. The molecule has 0 spiro atoms. The standard InChI is InChI=1S/C24H31N5O3/c1-15-12-28(13-16(2)32-15)14-18-7-5-9-29(18)24(30)19-11-20(21-8-6-10-31-21)25-23-22(19)17(3)26-27(23)4/h6,8,10-11,15-16,18H,5,7,9,12-14H2,1-4H3. The minimum atomic E-state index is 0.0539. The van der Waals surface area contributed by atoms with Gasteiger partial charge in [-0.3, -0.25) is 14.4 Å². The molecule has 2 fully saturated rings. The molecule has 32 heavy (non-hydrogen) atoms. The van der Waals surface area contributed by atoms with Crippen LogP contribution in [0.25, 0.3) is 22.5 Å². The van der Waals surface area contributed by atoms with Gasteiger partial charge in [0.15, 0.2) is 11.4 Å². The molecular weight excluding hydrogens is 406 g/mol. The lowest BCUT2D eigenvalue weighted by Gasteiger charge is -2.38. The van der Waals surface area contributed by atoms with Crippen LogP contribution >= 0.6 is 0 Å². The van der Waals surface area contributed by atoms with Gasteiger partial charge in [-0.25, -0.2) is 4.98 Å². The summed E-state index contributed by atoms with van der Waals surface area (Å²) in [6.45, 7) is 9.66. The average Bonchev–Trinajstić information content (AvgIpc) is 3.48. The summed E-state index contributed by atoms with van der Waals surface area (Å²) in [5, 5.41) is 5.37. The lowest BCUT2D eigenvalue weighted by molar-refractivity contribution is -0.0715. The maximum Gasteiger partial charge on any atom is 0.255 e. The first-order valence-corrected chi connectivity index (χ1v) is 11.5. The Hall–Kier alpha value is -2.71. The highest BCUT2D eigenvalue weighted by Crippen LogP contribution is 2.30. The average molecular weight is 438 g/mol. The quantitative estimate of drug-likeness (QED) is 0.624. The number of hydrogen-bond donors (Lipinski definition) is 0. The zero-order valence-corrected chi connectivity index (χ0v) is 19.2. The summed E-state index contributed by atoms with van der Waals surface area (Å²) in [5.74, 6) is 0.701. The lowest BCUT2D eigenvalue weighted by atomic mass is 10.1. The summed E-state index contributed by atoms with van der Waals surface area (Å²) >= 11 is 0. The Morgan fingerprint density at radius 2 is 2.03 bits per heavy atom. The molecule has 0 radical (unpaired) electrons. The van der Waals surface area contributed by atoms with Gasteiger partial charge in [-0.05, 0) is 51.8 Å². The van der Waals surface area contributed by atoms with Crippen molar-refractivity contribution in [3.63, 3.8) is 0 Å². The molecule has 0 N–H and O–H groups in total. The molecule has 3 aromatic heterocycles. The van der Waals surface area contributed by atoms with E-state index in [1.54, 1.807) is 10.9 Å². The van der Waals surface area contributed by atoms with Crippen molar-refractivity contribution < 1.29 is 13.9 Å². The van der Waals surface area contributed by atoms with Crippen LogP contribution in [0.3, 0.4) is 0 Å². The zero-order valence-electron chi connectivity index (χ0n) is 19.2. The Bertz CT molecular complexity index is 1110. The van der Waals surface area contributed by atoms with E-state index in [2.05, 4.69) is 28.7 Å². The molecule has 8 heteroatoms. The number of nitrogens with zero attached hydrogens (tertiary/aromatic N) is 5. The number of ether oxygens (including phenoxy) is 1. The summed E-state index contributed by atoms with van der Waals surface area (Å²) in [6.07, 6.45) is 4.11. The first-order valence-electron chi connectivity index (χ1n) is 11.5. The summed E-state index contributed by atoms with van der Waals surface area (Å²) in [5.41, 5.74) is 2.82. The molecule has 0 aliphatic carbocycles. The molecule has 2 aliphatic rings. The normalized spacial score (nSPS) is 24.5. The number of likely N-dealkylation sites (tertiary alicyclic amines) is 1. The number of morpholine rings is 1. The highest BCUT2D eigenvalue weighted by molar-refractivity contribution is 6.07. The highest BCUT2D eigenvalue weighted by atomic mass is 16.5. The van der Waals surface area contributed by atoms with E-state index in [1.165, 1.54) is 0 Å². The topological polar surface area (TPSA) is 76.6 Å². The fraction of sp³-hybridized carbons (Fsp3) is 0.542. The number of aryl methyl sites for hydroxylation is 2. The van der Waals surface area contributed by atoms with Crippen LogP contribution in [0, 0.1) is 6.92 Å². The predicted octanol–water partition coefficient (Wildman–Crippen LogP) is 3.25. The van der Waals surface area contributed by atoms with E-state index < -0.39 is 0 Å². The van der Waals surface area contributed by atoms with Gasteiger partial charge in [0.05, 0.1) is 35.1 Å². The van der Waals surface area contributed by atoms with Gasteiger partial charge < -0.3 is 14.1 Å². The molecule has 5 rings (SSSR count). The molecule has 3 unspecified atom stereocenters. The van der Waals surface area contributed by atoms with Crippen molar-refractivity contribution in [1.29, 1.82) is 0 Å². The van der Waals surface area contributed by atoms with Crippen molar-refractivity contribution in [1.82, 2.24) is 24.6 Å². The monoisotopic (exact) mass is 437 g/mol. The van der Waals surface area contributed by atoms with Crippen molar-refractivity contribution >= 4 is 16.9 Å². The Morgan fingerprint density at radius 1 is 1.25 bits per heavy atom. The second kappa shape index (κ2) is 8.33. The van der Waals surface area contributed by atoms with Crippen molar-refractivity contribution in [2.24, 2.45) is 7.05 Å². The number of carbonyl (C=O) groups is 1. The van der Waals surface area contributed by atoms with E-state index in [1.807, 2.05) is 32.2 Å². The summed E-state index contributed by atoms with van der Waals surface area (Å²) in [6, 6.07) is 5.77. The fourth-order valence-electron chi connectivity index (χ4n) is 5.34. The fourth-order valence-corrected chi connectivity index (χ4v) is 5.34. The largest absolute Gasteiger partial charge is 0.463 e. The number of hydrogen-bond acceptors (Lipinski definition) is 6. The molecule has 170 valence electrons. The minimum absolute atomic E-state index is 0.0539. The molecule has 1 amide bonds. The van der Waals surface area contributed by atoms with Gasteiger partial charge in [-0.1, -0.05) is 0 Å². The van der Waals surface area contributed by atoms with Crippen molar-refractivity contribution in [2.45, 2.75) is 51.9 Å². The SMILES string of the molecule is Cc1nn(C)c2nc(-c3ccco3)cc(C(=O)N3CCCC3CN3CC(C)OC(C)C3)c12. The van der Waals surface area contributed by atoms with Gasteiger partial charge in [0.2, 0.25) is 0 Å². The molecule has 0 aromatic carbocycles. The Morgan fingerprint density at radius 3 is 2.75 bits per heavy atom. The van der Waals surface area contributed by atoms with Gasteiger partial charge in [-0.15, -0.1) is 0 Å². The Kier molecular flexibility index (Phi) is 5.51. The summed E-state index contributed by atoms with van der Waals surface area (Å²) in [7, 11) is 1.86. The lowest BCUT2D eigenvalue weighted by Crippen LogP contribution is -2.51. The van der Waals surface area contributed by atoms with E-state index in [0.29, 0.717) is 22.7 Å². The van der Waals surface area contributed by atoms with Crippen LogP contribution in [0.15, 0.2) is 28.9 Å². The number of rotatable bonds is 4. The van der Waals surface area contributed by atoms with E-state index in [-0.39, 0.29) is 24.2 Å². The summed E-state index contributed by atoms with van der Waals surface area (Å²) < 4.78 is 13.2. The molecule has 2 aliphatic heterocycles. The molecule has 8 nitrogen and oxygen atoms in total. The number of fused-ring (bicyclic) bond motifs is 1. The maximum absolute atomic E-state index is 13.9. The Balaban J connectivity index is 1.48.